The van der Waals surface area contributed by atoms with Crippen LogP contribution in [0.4, 0.5) is 10.1 Å². The number of benzene rings is 3. The fourth-order valence-electron chi connectivity index (χ4n) is 4.31. The highest BCUT2D eigenvalue weighted by Gasteiger charge is 2.34. The molecule has 1 atom stereocenters. The first-order valence-electron chi connectivity index (χ1n) is 13.0. The van der Waals surface area contributed by atoms with Crippen LogP contribution in [0.3, 0.4) is 0 Å². The van der Waals surface area contributed by atoms with Crippen LogP contribution in [0.1, 0.15) is 25.0 Å². The molecule has 0 fully saturated rings. The van der Waals surface area contributed by atoms with Gasteiger partial charge < -0.3 is 19.7 Å². The molecule has 0 radical (unpaired) electrons. The number of carbonyl (C=O) groups is 2. The summed E-state index contributed by atoms with van der Waals surface area (Å²) in [7, 11) is -1.18. The molecule has 3 aromatic carbocycles. The normalized spacial score (nSPS) is 12.0. The predicted octanol–water partition coefficient (Wildman–Crippen LogP) is 3.77. The lowest BCUT2D eigenvalue weighted by Gasteiger charge is -2.34. The Morgan fingerprint density at radius 1 is 0.927 bits per heavy atom. The second-order valence-electron chi connectivity index (χ2n) is 9.82. The molecule has 9 nitrogen and oxygen atoms in total. The van der Waals surface area contributed by atoms with Crippen molar-refractivity contribution in [2.75, 3.05) is 31.3 Å². The van der Waals surface area contributed by atoms with Gasteiger partial charge in [0.1, 0.15) is 29.9 Å². The Kier molecular flexibility index (Phi) is 10.7. The predicted molar refractivity (Wildman–Crippen MR) is 156 cm³/mol. The van der Waals surface area contributed by atoms with Crippen LogP contribution in [0.25, 0.3) is 0 Å². The first-order valence-corrected chi connectivity index (χ1v) is 14.9. The summed E-state index contributed by atoms with van der Waals surface area (Å²) in [6.45, 7) is 2.94. The summed E-state index contributed by atoms with van der Waals surface area (Å²) in [5, 5.41) is 2.88. The fraction of sp³-hybridized carbons (Fsp3) is 0.333. The van der Waals surface area contributed by atoms with Crippen LogP contribution in [0, 0.1) is 5.82 Å². The summed E-state index contributed by atoms with van der Waals surface area (Å²) in [5.74, 6) is -0.900. The number of hydrogen-bond acceptors (Lipinski definition) is 6. The molecule has 0 aliphatic heterocycles. The zero-order valence-electron chi connectivity index (χ0n) is 23.8. The molecular formula is C30H36FN3O6S. The molecular weight excluding hydrogens is 549 g/mol. The van der Waals surface area contributed by atoms with E-state index in [9.17, 15) is 22.4 Å². The summed E-state index contributed by atoms with van der Waals surface area (Å²) < 4.78 is 51.3. The van der Waals surface area contributed by atoms with Crippen molar-refractivity contribution in [2.45, 2.75) is 38.9 Å². The van der Waals surface area contributed by atoms with E-state index >= 15 is 0 Å². The molecule has 11 heteroatoms. The maximum atomic E-state index is 14.1. The lowest BCUT2D eigenvalue weighted by atomic mass is 10.0. The minimum Gasteiger partial charge on any atom is -0.497 e. The summed E-state index contributed by atoms with van der Waals surface area (Å²) in [4.78, 5) is 29.0. The van der Waals surface area contributed by atoms with Crippen molar-refractivity contribution in [3.63, 3.8) is 0 Å². The number of methoxy groups -OCH3 is 2. The van der Waals surface area contributed by atoms with Crippen LogP contribution in [0.5, 0.6) is 11.5 Å². The van der Waals surface area contributed by atoms with Crippen LogP contribution >= 0.6 is 0 Å². The quantitative estimate of drug-likeness (QED) is 0.328. The summed E-state index contributed by atoms with van der Waals surface area (Å²) in [6.07, 6.45) is 1.16. The molecule has 0 aliphatic rings. The van der Waals surface area contributed by atoms with Crippen molar-refractivity contribution in [3.8, 4) is 11.5 Å². The van der Waals surface area contributed by atoms with Gasteiger partial charge >= 0.3 is 0 Å². The molecule has 1 N–H and O–H groups in total. The van der Waals surface area contributed by atoms with Gasteiger partial charge in [-0.15, -0.1) is 0 Å². The van der Waals surface area contributed by atoms with E-state index in [0.717, 1.165) is 16.1 Å². The van der Waals surface area contributed by atoms with E-state index in [1.807, 2.05) is 44.2 Å². The average Bonchev–Trinajstić information content (AvgIpc) is 2.93. The van der Waals surface area contributed by atoms with Crippen molar-refractivity contribution in [2.24, 2.45) is 0 Å². The fourth-order valence-corrected chi connectivity index (χ4v) is 5.15. The monoisotopic (exact) mass is 585 g/mol. The number of sulfonamides is 1. The van der Waals surface area contributed by atoms with Gasteiger partial charge in [0.2, 0.25) is 21.8 Å². The van der Waals surface area contributed by atoms with Crippen molar-refractivity contribution in [1.82, 2.24) is 10.2 Å². The van der Waals surface area contributed by atoms with Gasteiger partial charge in [-0.2, -0.15) is 0 Å². The van der Waals surface area contributed by atoms with E-state index in [-0.39, 0.29) is 30.4 Å². The van der Waals surface area contributed by atoms with E-state index < -0.39 is 40.2 Å². The second kappa shape index (κ2) is 14.0. The van der Waals surface area contributed by atoms with Gasteiger partial charge in [0, 0.05) is 25.1 Å². The van der Waals surface area contributed by atoms with Crippen molar-refractivity contribution in [3.05, 3.63) is 89.7 Å². The molecule has 0 bridgehead atoms. The molecule has 220 valence electrons. The number of hydrogen-bond donors (Lipinski definition) is 1. The van der Waals surface area contributed by atoms with Gasteiger partial charge in [0.15, 0.2) is 0 Å². The number of nitrogens with zero attached hydrogens (tertiary/aromatic N) is 2. The molecule has 0 unspecified atom stereocenters. The van der Waals surface area contributed by atoms with Crippen molar-refractivity contribution >= 4 is 27.5 Å². The van der Waals surface area contributed by atoms with Gasteiger partial charge in [0.25, 0.3) is 0 Å². The lowest BCUT2D eigenvalue weighted by Crippen LogP contribution is -2.54. The first kappa shape index (κ1) is 31.4. The van der Waals surface area contributed by atoms with E-state index in [0.29, 0.717) is 11.3 Å². The van der Waals surface area contributed by atoms with Gasteiger partial charge in [-0.25, -0.2) is 12.8 Å². The number of rotatable bonds is 13. The van der Waals surface area contributed by atoms with Crippen LogP contribution < -0.4 is 19.1 Å². The summed E-state index contributed by atoms with van der Waals surface area (Å²) in [5.41, 5.74) is 1.48. The average molecular weight is 586 g/mol. The van der Waals surface area contributed by atoms with Gasteiger partial charge in [-0.1, -0.05) is 42.5 Å². The first-order chi connectivity index (χ1) is 19.4. The Morgan fingerprint density at radius 2 is 1.59 bits per heavy atom. The molecule has 0 heterocycles. The highest BCUT2D eigenvalue weighted by molar-refractivity contribution is 7.92. The van der Waals surface area contributed by atoms with Gasteiger partial charge in [0.05, 0.1) is 26.2 Å². The van der Waals surface area contributed by atoms with Crippen LogP contribution in [-0.2, 0) is 32.6 Å². The Balaban J connectivity index is 2.10. The third-order valence-electron chi connectivity index (χ3n) is 6.30. The second-order valence-corrected chi connectivity index (χ2v) is 11.7. The van der Waals surface area contributed by atoms with Crippen LogP contribution in [0.2, 0.25) is 0 Å². The Labute approximate surface area is 240 Å². The molecule has 0 aromatic heterocycles. The highest BCUT2D eigenvalue weighted by Crippen LogP contribution is 2.34. The number of amides is 2. The van der Waals surface area contributed by atoms with Crippen LogP contribution in [-0.4, -0.2) is 64.2 Å². The zero-order valence-corrected chi connectivity index (χ0v) is 24.7. The van der Waals surface area contributed by atoms with E-state index in [1.54, 1.807) is 12.1 Å². The minimum atomic E-state index is -4.01. The van der Waals surface area contributed by atoms with Crippen molar-refractivity contribution < 1.29 is 31.9 Å². The van der Waals surface area contributed by atoms with Gasteiger partial charge in [-0.3, -0.25) is 13.9 Å². The zero-order chi connectivity index (χ0) is 30.2. The van der Waals surface area contributed by atoms with E-state index in [1.165, 1.54) is 49.5 Å². The number of ether oxygens (including phenoxy) is 2. The highest BCUT2D eigenvalue weighted by atomic mass is 32.2. The smallest absolute Gasteiger partial charge is 0.244 e. The molecule has 0 spiro atoms. The maximum Gasteiger partial charge on any atom is 0.244 e. The molecule has 0 saturated carbocycles. The Bertz CT molecular complexity index is 1430. The molecule has 2 amide bonds. The Morgan fingerprint density at radius 3 is 2.15 bits per heavy atom. The molecule has 41 heavy (non-hydrogen) atoms. The van der Waals surface area contributed by atoms with Crippen LogP contribution in [0.15, 0.2) is 72.8 Å². The Hall–Kier alpha value is -4.12. The number of anilines is 1. The summed E-state index contributed by atoms with van der Waals surface area (Å²) >= 11 is 0. The minimum absolute atomic E-state index is 0.0605. The standard InChI is InChI=1S/C30H36FN3O6S/c1-21(2)32-30(36)27(17-22-9-7-6-8-10-22)33(19-23-11-13-24(31)14-12-23)29(35)20-34(41(5,37)38)26-18-25(39-3)15-16-28(26)40-4/h6-16,18,21,27H,17,19-20H2,1-5H3,(H,32,36)/t27-/m1/s1. The third-order valence-corrected chi connectivity index (χ3v) is 7.43. The number of carbonyl (C=O) groups excluding carboxylic acids is 2. The largest absolute Gasteiger partial charge is 0.497 e. The molecule has 3 aromatic rings. The van der Waals surface area contributed by atoms with E-state index in [2.05, 4.69) is 5.32 Å². The SMILES string of the molecule is COc1ccc(OC)c(N(CC(=O)N(Cc2ccc(F)cc2)[C@H](Cc2ccccc2)C(=O)NC(C)C)S(C)(=O)=O)c1. The topological polar surface area (TPSA) is 105 Å². The number of nitrogens with one attached hydrogen (secondary N) is 1. The molecule has 3 rings (SSSR count). The lowest BCUT2D eigenvalue weighted by molar-refractivity contribution is -0.140. The number of halogens is 1. The molecule has 0 saturated heterocycles. The third kappa shape index (κ3) is 8.68. The van der Waals surface area contributed by atoms with Gasteiger partial charge in [-0.05, 0) is 49.2 Å². The van der Waals surface area contributed by atoms with E-state index in [4.69, 9.17) is 9.47 Å². The summed E-state index contributed by atoms with van der Waals surface area (Å²) in [6, 6.07) is 18.2. The van der Waals surface area contributed by atoms with Crippen molar-refractivity contribution in [1.29, 1.82) is 0 Å². The molecule has 0 aliphatic carbocycles. The maximum absolute atomic E-state index is 14.1.